The fourth-order valence-corrected chi connectivity index (χ4v) is 4.75. The van der Waals surface area contributed by atoms with Crippen LogP contribution in [0, 0.1) is 11.2 Å². The third kappa shape index (κ3) is 6.28. The maximum atomic E-state index is 16.3. The van der Waals surface area contributed by atoms with Crippen LogP contribution < -0.4 is 20.5 Å². The molecule has 0 saturated carbocycles. The fourth-order valence-electron chi connectivity index (χ4n) is 4.75. The van der Waals surface area contributed by atoms with Crippen molar-refractivity contribution in [3.8, 4) is 34.0 Å². The first-order chi connectivity index (χ1) is 20.3. The van der Waals surface area contributed by atoms with Crippen LogP contribution in [0.4, 0.5) is 10.1 Å². The van der Waals surface area contributed by atoms with Crippen LogP contribution in [-0.2, 0) is 0 Å². The van der Waals surface area contributed by atoms with Gasteiger partial charge in [0.2, 0.25) is 0 Å². The van der Waals surface area contributed by atoms with Crippen LogP contribution in [0.15, 0.2) is 97.1 Å². The third-order valence-corrected chi connectivity index (χ3v) is 6.64. The van der Waals surface area contributed by atoms with Gasteiger partial charge in [0, 0.05) is 34.0 Å². The van der Waals surface area contributed by atoms with Gasteiger partial charge in [-0.05, 0) is 51.1 Å². The molecule has 0 spiro atoms. The van der Waals surface area contributed by atoms with E-state index in [0.717, 1.165) is 22.5 Å². The van der Waals surface area contributed by atoms with Crippen LogP contribution in [0.25, 0.3) is 22.5 Å². The average Bonchev–Trinajstić information content (AvgIpc) is 3.44. The highest BCUT2D eigenvalue weighted by atomic mass is 19.1. The quantitative estimate of drug-likeness (QED) is 0.0980. The predicted octanol–water partition coefficient (Wildman–Crippen LogP) is 7.55. The fraction of sp³-hybridized carbons (Fsp3) is 0.176. The lowest BCUT2D eigenvalue weighted by molar-refractivity contribution is 0.228. The highest BCUT2D eigenvalue weighted by molar-refractivity contribution is 5.95. The zero-order valence-electron chi connectivity index (χ0n) is 23.8. The number of H-pyrrole nitrogens is 1. The van der Waals surface area contributed by atoms with E-state index in [1.54, 1.807) is 36.4 Å². The van der Waals surface area contributed by atoms with E-state index in [1.165, 1.54) is 0 Å². The van der Waals surface area contributed by atoms with Crippen molar-refractivity contribution in [3.05, 3.63) is 120 Å². The van der Waals surface area contributed by atoms with Gasteiger partial charge in [-0.25, -0.2) is 9.37 Å². The molecule has 0 saturated heterocycles. The molecular formula is C34H34FN5O2. The Balaban J connectivity index is 1.71. The van der Waals surface area contributed by atoms with E-state index < -0.39 is 11.9 Å². The van der Waals surface area contributed by atoms with E-state index in [1.807, 2.05) is 81.4 Å². The molecule has 0 aliphatic carbocycles. The number of aromatic nitrogens is 2. The topological polar surface area (TPSA) is 109 Å². The van der Waals surface area contributed by atoms with Crippen molar-refractivity contribution in [2.75, 3.05) is 11.9 Å². The summed E-state index contributed by atoms with van der Waals surface area (Å²) >= 11 is 0. The van der Waals surface area contributed by atoms with Gasteiger partial charge >= 0.3 is 0 Å². The lowest BCUT2D eigenvalue weighted by Crippen LogP contribution is -2.18. The van der Waals surface area contributed by atoms with Gasteiger partial charge in [-0.1, -0.05) is 60.7 Å². The molecule has 8 heteroatoms. The number of benzene rings is 4. The molecule has 5 aromatic rings. The smallest absolute Gasteiger partial charge is 0.171 e. The minimum Gasteiger partial charge on any atom is -0.494 e. The van der Waals surface area contributed by atoms with Crippen molar-refractivity contribution >= 4 is 11.5 Å². The summed E-state index contributed by atoms with van der Waals surface area (Å²) in [6.45, 7) is 5.99. The SMILES string of the molecule is CCOc1cc(OC(C)C)c(F)c(C(Nc2ccc(C(=N)N)cc2)c2nc(-c3ccccc3)c(-c3ccccc3)[nH]2)c1. The minimum absolute atomic E-state index is 0.0323. The molecule has 214 valence electrons. The summed E-state index contributed by atoms with van der Waals surface area (Å²) < 4.78 is 28.0. The number of ether oxygens (including phenoxy) is 2. The Morgan fingerprint density at radius 2 is 1.60 bits per heavy atom. The summed E-state index contributed by atoms with van der Waals surface area (Å²) in [7, 11) is 0. The molecule has 1 aromatic heterocycles. The molecule has 7 nitrogen and oxygen atoms in total. The molecule has 0 bridgehead atoms. The van der Waals surface area contributed by atoms with Crippen LogP contribution in [0.2, 0.25) is 0 Å². The van der Waals surface area contributed by atoms with Crippen molar-refractivity contribution in [1.82, 2.24) is 9.97 Å². The lowest BCUT2D eigenvalue weighted by Gasteiger charge is -2.22. The predicted molar refractivity (Wildman–Crippen MR) is 166 cm³/mol. The number of nitrogens with two attached hydrogens (primary N) is 1. The molecule has 0 aliphatic heterocycles. The van der Waals surface area contributed by atoms with Gasteiger partial charge in [-0.15, -0.1) is 0 Å². The summed E-state index contributed by atoms with van der Waals surface area (Å²) in [5.41, 5.74) is 10.7. The Kier molecular flexibility index (Phi) is 8.52. The molecule has 1 atom stereocenters. The maximum absolute atomic E-state index is 16.3. The average molecular weight is 564 g/mol. The number of halogens is 1. The first kappa shape index (κ1) is 28.4. The molecule has 0 fully saturated rings. The Labute approximate surface area is 245 Å². The first-order valence-corrected chi connectivity index (χ1v) is 13.9. The van der Waals surface area contributed by atoms with Crippen LogP contribution in [0.1, 0.15) is 43.8 Å². The highest BCUT2D eigenvalue weighted by Crippen LogP contribution is 2.38. The highest BCUT2D eigenvalue weighted by Gasteiger charge is 2.27. The second kappa shape index (κ2) is 12.6. The zero-order valence-corrected chi connectivity index (χ0v) is 23.8. The monoisotopic (exact) mass is 563 g/mol. The molecule has 1 unspecified atom stereocenters. The van der Waals surface area contributed by atoms with Gasteiger partial charge in [0.15, 0.2) is 11.6 Å². The van der Waals surface area contributed by atoms with Crippen LogP contribution in [0.3, 0.4) is 0 Å². The maximum Gasteiger partial charge on any atom is 0.171 e. The molecule has 4 aromatic carbocycles. The standard InChI is InChI=1S/C34H34FN5O2/c1-4-41-26-19-27(29(35)28(20-26)42-21(2)3)32(38-25-17-15-24(16-18-25)33(36)37)34-39-30(22-11-7-5-8-12-22)31(40-34)23-13-9-6-10-14-23/h5-21,32,38H,4H2,1-3H3,(H3,36,37)(H,39,40). The van der Waals surface area contributed by atoms with Crippen LogP contribution >= 0.6 is 0 Å². The van der Waals surface area contributed by atoms with Gasteiger partial charge in [-0.2, -0.15) is 0 Å². The van der Waals surface area contributed by atoms with Gasteiger partial charge in [0.25, 0.3) is 0 Å². The molecule has 0 aliphatic rings. The second-order valence-corrected chi connectivity index (χ2v) is 10.1. The number of anilines is 1. The van der Waals surface area contributed by atoms with Gasteiger partial charge in [-0.3, -0.25) is 5.41 Å². The summed E-state index contributed by atoms with van der Waals surface area (Å²) in [5.74, 6) is 0.551. The molecule has 1 heterocycles. The Bertz CT molecular complexity index is 1590. The van der Waals surface area contributed by atoms with Crippen LogP contribution in [0.5, 0.6) is 11.5 Å². The summed E-state index contributed by atoms with van der Waals surface area (Å²) in [4.78, 5) is 8.57. The Hall–Kier alpha value is -5.11. The van der Waals surface area contributed by atoms with E-state index in [0.29, 0.717) is 35.0 Å². The number of nitrogens with one attached hydrogen (secondary N) is 3. The van der Waals surface area contributed by atoms with Crippen LogP contribution in [-0.4, -0.2) is 28.5 Å². The van der Waals surface area contributed by atoms with Crippen molar-refractivity contribution < 1.29 is 13.9 Å². The number of nitrogen functional groups attached to an aromatic ring is 1. The Morgan fingerprint density at radius 1 is 0.952 bits per heavy atom. The lowest BCUT2D eigenvalue weighted by atomic mass is 10.0. The molecule has 5 rings (SSSR count). The van der Waals surface area contributed by atoms with E-state index in [4.69, 9.17) is 25.6 Å². The molecular weight excluding hydrogens is 529 g/mol. The number of imidazole rings is 1. The minimum atomic E-state index is -0.761. The van der Waals surface area contributed by atoms with Crippen molar-refractivity contribution in [2.24, 2.45) is 5.73 Å². The van der Waals surface area contributed by atoms with Crippen molar-refractivity contribution in [3.63, 3.8) is 0 Å². The second-order valence-electron chi connectivity index (χ2n) is 10.1. The van der Waals surface area contributed by atoms with E-state index in [9.17, 15) is 0 Å². The summed E-state index contributed by atoms with van der Waals surface area (Å²) in [6.07, 6.45) is -0.243. The number of aromatic amines is 1. The summed E-state index contributed by atoms with van der Waals surface area (Å²) in [6, 6.07) is 29.4. The van der Waals surface area contributed by atoms with Gasteiger partial charge < -0.3 is 25.5 Å². The number of hydrogen-bond donors (Lipinski definition) is 4. The normalized spacial score (nSPS) is 11.7. The van der Waals surface area contributed by atoms with Crippen molar-refractivity contribution in [2.45, 2.75) is 32.9 Å². The van der Waals surface area contributed by atoms with E-state index >= 15 is 4.39 Å². The van der Waals surface area contributed by atoms with E-state index in [2.05, 4.69) is 10.3 Å². The number of nitrogens with zero attached hydrogens (tertiary/aromatic N) is 1. The van der Waals surface area contributed by atoms with Crippen molar-refractivity contribution in [1.29, 1.82) is 5.41 Å². The largest absolute Gasteiger partial charge is 0.494 e. The van der Waals surface area contributed by atoms with Gasteiger partial charge in [0.1, 0.15) is 23.5 Å². The number of rotatable bonds is 11. The number of amidine groups is 1. The molecule has 42 heavy (non-hydrogen) atoms. The summed E-state index contributed by atoms with van der Waals surface area (Å²) in [5, 5.41) is 11.2. The zero-order chi connectivity index (χ0) is 29.6. The first-order valence-electron chi connectivity index (χ1n) is 13.9. The van der Waals surface area contributed by atoms with E-state index in [-0.39, 0.29) is 17.7 Å². The molecule has 5 N–H and O–H groups in total. The third-order valence-electron chi connectivity index (χ3n) is 6.64. The molecule has 0 amide bonds. The van der Waals surface area contributed by atoms with Gasteiger partial charge in [0.05, 0.1) is 24.1 Å². The number of hydrogen-bond acceptors (Lipinski definition) is 5. The Morgan fingerprint density at radius 3 is 2.19 bits per heavy atom. The molecule has 0 radical (unpaired) electrons.